The highest BCUT2D eigenvalue weighted by atomic mass is 16.5. The van der Waals surface area contributed by atoms with E-state index in [4.69, 9.17) is 4.74 Å². The van der Waals surface area contributed by atoms with E-state index >= 15 is 0 Å². The van der Waals surface area contributed by atoms with E-state index in [2.05, 4.69) is 10.6 Å². The normalized spacial score (nSPS) is 32.7. The van der Waals surface area contributed by atoms with Crippen LogP contribution in [0, 0.1) is 0 Å². The van der Waals surface area contributed by atoms with Gasteiger partial charge in [-0.1, -0.05) is 0 Å². The van der Waals surface area contributed by atoms with Crippen molar-refractivity contribution in [1.29, 1.82) is 0 Å². The molecular formula is C13H23N3O3. The number of ether oxygens (including phenoxy) is 1. The highest BCUT2D eigenvalue weighted by Gasteiger charge is 2.40. The average Bonchev–Trinajstić information content (AvgIpc) is 2.68. The van der Waals surface area contributed by atoms with Crippen LogP contribution >= 0.6 is 0 Å². The maximum Gasteiger partial charge on any atom is 0.247 e. The molecule has 0 aliphatic carbocycles. The standard InChI is InChI=1S/C13H23N3O3/c1-8-4-5-11-16(8)13(18)10(6-7-19-11)15-12(17)9(2)14-3/h8-11,14H,4-7H2,1-3H3,(H,15,17)/t8?,9-,10-,11-/m0/s1. The maximum absolute atomic E-state index is 12.5. The smallest absolute Gasteiger partial charge is 0.247 e. The molecule has 4 atom stereocenters. The topological polar surface area (TPSA) is 70.7 Å². The lowest BCUT2D eigenvalue weighted by Gasteiger charge is -2.28. The third kappa shape index (κ3) is 2.90. The Kier molecular flexibility index (Phi) is 4.42. The second-order valence-electron chi connectivity index (χ2n) is 5.36. The summed E-state index contributed by atoms with van der Waals surface area (Å²) in [5.74, 6) is -0.157. The molecule has 0 spiro atoms. The predicted molar refractivity (Wildman–Crippen MR) is 70.4 cm³/mol. The third-order valence-electron chi connectivity index (χ3n) is 4.03. The quantitative estimate of drug-likeness (QED) is 0.747. The molecule has 108 valence electrons. The van der Waals surface area contributed by atoms with Crippen molar-refractivity contribution in [1.82, 2.24) is 15.5 Å². The van der Waals surface area contributed by atoms with Crippen LogP contribution in [-0.2, 0) is 14.3 Å². The minimum Gasteiger partial charge on any atom is -0.358 e. The lowest BCUT2D eigenvalue weighted by molar-refractivity contribution is -0.143. The summed E-state index contributed by atoms with van der Waals surface area (Å²) in [7, 11) is 1.72. The Labute approximate surface area is 113 Å². The van der Waals surface area contributed by atoms with Crippen molar-refractivity contribution in [3.63, 3.8) is 0 Å². The molecule has 6 heteroatoms. The van der Waals surface area contributed by atoms with Crippen molar-refractivity contribution in [3.8, 4) is 0 Å². The number of likely N-dealkylation sites (N-methyl/N-ethyl adjacent to an activating group) is 1. The summed E-state index contributed by atoms with van der Waals surface area (Å²) < 4.78 is 5.70. The molecule has 6 nitrogen and oxygen atoms in total. The number of amides is 2. The summed E-state index contributed by atoms with van der Waals surface area (Å²) in [6, 6.07) is -0.575. The second-order valence-corrected chi connectivity index (χ2v) is 5.36. The SMILES string of the molecule is CN[C@@H](C)C(=O)N[C@H]1CCO[C@H]2CCC(C)N2C1=O. The first-order chi connectivity index (χ1) is 9.04. The van der Waals surface area contributed by atoms with Crippen molar-refractivity contribution in [2.45, 2.75) is 57.5 Å². The maximum atomic E-state index is 12.5. The van der Waals surface area contributed by atoms with Crippen LogP contribution < -0.4 is 10.6 Å². The van der Waals surface area contributed by atoms with E-state index in [-0.39, 0.29) is 30.1 Å². The fourth-order valence-corrected chi connectivity index (χ4v) is 2.66. The molecule has 2 amide bonds. The van der Waals surface area contributed by atoms with Crippen LogP contribution in [0.1, 0.15) is 33.1 Å². The zero-order valence-corrected chi connectivity index (χ0v) is 11.8. The lowest BCUT2D eigenvalue weighted by atomic mass is 10.1. The van der Waals surface area contributed by atoms with E-state index in [1.54, 1.807) is 18.9 Å². The molecule has 2 N–H and O–H groups in total. The van der Waals surface area contributed by atoms with Crippen LogP contribution in [0.25, 0.3) is 0 Å². The molecule has 2 aliphatic rings. The van der Waals surface area contributed by atoms with Gasteiger partial charge in [0.05, 0.1) is 12.6 Å². The predicted octanol–water partition coefficient (Wildman–Crippen LogP) is -0.164. The second kappa shape index (κ2) is 5.88. The van der Waals surface area contributed by atoms with Gasteiger partial charge >= 0.3 is 0 Å². The van der Waals surface area contributed by atoms with Gasteiger partial charge in [0.2, 0.25) is 11.8 Å². The van der Waals surface area contributed by atoms with Crippen LogP contribution in [0.2, 0.25) is 0 Å². The van der Waals surface area contributed by atoms with Crippen LogP contribution in [0.5, 0.6) is 0 Å². The van der Waals surface area contributed by atoms with Crippen molar-refractivity contribution in [2.75, 3.05) is 13.7 Å². The number of hydrogen-bond acceptors (Lipinski definition) is 4. The fraction of sp³-hybridized carbons (Fsp3) is 0.846. The first-order valence-corrected chi connectivity index (χ1v) is 6.96. The molecule has 0 radical (unpaired) electrons. The first kappa shape index (κ1) is 14.3. The number of carbonyl (C=O) groups is 2. The van der Waals surface area contributed by atoms with Gasteiger partial charge in [-0.05, 0) is 33.7 Å². The molecule has 2 rings (SSSR count). The van der Waals surface area contributed by atoms with E-state index in [9.17, 15) is 9.59 Å². The molecule has 2 saturated heterocycles. The summed E-state index contributed by atoms with van der Waals surface area (Å²) in [6.07, 6.45) is 2.29. The molecule has 0 aromatic heterocycles. The van der Waals surface area contributed by atoms with E-state index in [1.807, 2.05) is 6.92 Å². The highest BCUT2D eigenvalue weighted by Crippen LogP contribution is 2.28. The molecule has 0 aromatic rings. The van der Waals surface area contributed by atoms with Crippen LogP contribution in [0.15, 0.2) is 0 Å². The van der Waals surface area contributed by atoms with E-state index in [0.717, 1.165) is 12.8 Å². The van der Waals surface area contributed by atoms with Crippen LogP contribution in [-0.4, -0.2) is 54.7 Å². The van der Waals surface area contributed by atoms with Crippen molar-refractivity contribution >= 4 is 11.8 Å². The molecule has 2 heterocycles. The van der Waals surface area contributed by atoms with Crippen LogP contribution in [0.4, 0.5) is 0 Å². The molecule has 0 saturated carbocycles. The Balaban J connectivity index is 2.04. The van der Waals surface area contributed by atoms with Crippen molar-refractivity contribution in [2.24, 2.45) is 0 Å². The van der Waals surface area contributed by atoms with E-state index in [0.29, 0.717) is 13.0 Å². The molecule has 0 aromatic carbocycles. The van der Waals surface area contributed by atoms with Gasteiger partial charge in [0.25, 0.3) is 0 Å². The first-order valence-electron chi connectivity index (χ1n) is 6.96. The highest BCUT2D eigenvalue weighted by molar-refractivity contribution is 5.90. The van der Waals surface area contributed by atoms with Crippen molar-refractivity contribution < 1.29 is 14.3 Å². The van der Waals surface area contributed by atoms with Gasteiger partial charge in [-0.3, -0.25) is 9.59 Å². The average molecular weight is 269 g/mol. The molecule has 1 unspecified atom stereocenters. The number of rotatable bonds is 3. The van der Waals surface area contributed by atoms with Gasteiger partial charge < -0.3 is 20.3 Å². The molecule has 0 bridgehead atoms. The molecular weight excluding hydrogens is 246 g/mol. The summed E-state index contributed by atoms with van der Waals surface area (Å²) in [5, 5.41) is 5.69. The number of fused-ring (bicyclic) bond motifs is 1. The van der Waals surface area contributed by atoms with Crippen molar-refractivity contribution in [3.05, 3.63) is 0 Å². The van der Waals surface area contributed by atoms with Gasteiger partial charge in [0, 0.05) is 12.5 Å². The van der Waals surface area contributed by atoms with Gasteiger partial charge in [0.15, 0.2) is 0 Å². The monoisotopic (exact) mass is 269 g/mol. The summed E-state index contributed by atoms with van der Waals surface area (Å²) in [4.78, 5) is 26.2. The van der Waals surface area contributed by atoms with Gasteiger partial charge in [-0.15, -0.1) is 0 Å². The van der Waals surface area contributed by atoms with Gasteiger partial charge in [0.1, 0.15) is 12.3 Å². The van der Waals surface area contributed by atoms with Crippen LogP contribution in [0.3, 0.4) is 0 Å². The Hall–Kier alpha value is -1.14. The summed E-state index contributed by atoms with van der Waals surface area (Å²) in [6.45, 7) is 4.31. The number of nitrogens with zero attached hydrogens (tertiary/aromatic N) is 1. The van der Waals surface area contributed by atoms with Gasteiger partial charge in [-0.2, -0.15) is 0 Å². The number of carbonyl (C=O) groups excluding carboxylic acids is 2. The molecule has 2 aliphatic heterocycles. The van der Waals surface area contributed by atoms with E-state index in [1.165, 1.54) is 0 Å². The Morgan fingerprint density at radius 2 is 2.16 bits per heavy atom. The molecule has 2 fully saturated rings. The summed E-state index contributed by atoms with van der Waals surface area (Å²) >= 11 is 0. The molecule has 19 heavy (non-hydrogen) atoms. The largest absolute Gasteiger partial charge is 0.358 e. The number of hydrogen-bond donors (Lipinski definition) is 2. The van der Waals surface area contributed by atoms with E-state index < -0.39 is 6.04 Å². The third-order valence-corrected chi connectivity index (χ3v) is 4.03. The minimum atomic E-state index is -0.464. The van der Waals surface area contributed by atoms with Gasteiger partial charge in [-0.25, -0.2) is 0 Å². The summed E-state index contributed by atoms with van der Waals surface area (Å²) in [5.41, 5.74) is 0. The minimum absolute atomic E-state index is 0.0100. The number of nitrogens with one attached hydrogen (secondary N) is 2. The Bertz CT molecular complexity index is 361. The zero-order valence-electron chi connectivity index (χ0n) is 11.8. The lowest BCUT2D eigenvalue weighted by Crippen LogP contribution is -2.53. The Morgan fingerprint density at radius 1 is 1.42 bits per heavy atom. The fourth-order valence-electron chi connectivity index (χ4n) is 2.66. The Morgan fingerprint density at radius 3 is 2.84 bits per heavy atom. The zero-order chi connectivity index (χ0) is 14.0.